The van der Waals surface area contributed by atoms with E-state index in [1.807, 2.05) is 26.0 Å². The smallest absolute Gasteiger partial charge is 0.178 e. The fourth-order valence-corrected chi connectivity index (χ4v) is 4.14. The zero-order valence-corrected chi connectivity index (χ0v) is 12.6. The van der Waals surface area contributed by atoms with E-state index in [0.717, 1.165) is 25.8 Å². The van der Waals surface area contributed by atoms with Gasteiger partial charge in [-0.3, -0.25) is 0 Å². The van der Waals surface area contributed by atoms with Gasteiger partial charge in [-0.15, -0.1) is 0 Å². The Morgan fingerprint density at radius 3 is 2.74 bits per heavy atom. The fourth-order valence-electron chi connectivity index (χ4n) is 2.64. The average molecular weight is 281 g/mol. The molecule has 4 heteroatoms. The van der Waals surface area contributed by atoms with Crippen LogP contribution in [-0.4, -0.2) is 26.8 Å². The molecule has 0 aromatic heterocycles. The fraction of sp³-hybridized carbons (Fsp3) is 0.600. The van der Waals surface area contributed by atoms with Gasteiger partial charge in [-0.2, -0.15) is 0 Å². The van der Waals surface area contributed by atoms with Gasteiger partial charge >= 0.3 is 0 Å². The molecule has 0 saturated heterocycles. The molecule has 0 saturated carbocycles. The van der Waals surface area contributed by atoms with Gasteiger partial charge in [0.2, 0.25) is 0 Å². The molecule has 1 aromatic carbocycles. The minimum Gasteiger partial charge on any atom is -0.314 e. The van der Waals surface area contributed by atoms with E-state index in [2.05, 4.69) is 5.32 Å². The van der Waals surface area contributed by atoms with E-state index in [0.29, 0.717) is 11.3 Å². The normalized spacial score (nSPS) is 16.3. The molecule has 0 spiro atoms. The first kappa shape index (κ1) is 14.5. The van der Waals surface area contributed by atoms with Crippen molar-refractivity contribution in [3.05, 3.63) is 29.3 Å². The van der Waals surface area contributed by atoms with Crippen LogP contribution in [0.5, 0.6) is 0 Å². The summed E-state index contributed by atoms with van der Waals surface area (Å²) in [5.41, 5.74) is 2.54. The van der Waals surface area contributed by atoms with Crippen LogP contribution in [0.25, 0.3) is 0 Å². The number of aryl methyl sites for hydroxylation is 2. The first-order valence-corrected chi connectivity index (χ1v) is 8.76. The van der Waals surface area contributed by atoms with E-state index in [-0.39, 0.29) is 11.8 Å². The summed E-state index contributed by atoms with van der Waals surface area (Å²) in [6.45, 7) is 4.94. The summed E-state index contributed by atoms with van der Waals surface area (Å²) in [4.78, 5) is 0.497. The third-order valence-corrected chi connectivity index (χ3v) is 5.55. The van der Waals surface area contributed by atoms with Crippen LogP contribution in [0, 0.1) is 0 Å². The predicted molar refractivity (Wildman–Crippen MR) is 78.3 cm³/mol. The predicted octanol–water partition coefficient (Wildman–Crippen LogP) is 2.34. The third kappa shape index (κ3) is 3.57. The Hall–Kier alpha value is -0.870. The Bertz CT molecular complexity index is 537. The van der Waals surface area contributed by atoms with Gasteiger partial charge in [0.25, 0.3) is 0 Å². The summed E-state index contributed by atoms with van der Waals surface area (Å²) < 4.78 is 24.6. The molecule has 2 rings (SSSR count). The summed E-state index contributed by atoms with van der Waals surface area (Å²) in [5, 5.41) is 3.25. The molecule has 106 valence electrons. The molecule has 0 aliphatic heterocycles. The minimum atomic E-state index is -3.14. The molecule has 0 amide bonds. The van der Waals surface area contributed by atoms with Gasteiger partial charge in [-0.1, -0.05) is 13.0 Å². The van der Waals surface area contributed by atoms with Crippen molar-refractivity contribution in [2.24, 2.45) is 0 Å². The number of rotatable bonds is 6. The molecule has 0 radical (unpaired) electrons. The summed E-state index contributed by atoms with van der Waals surface area (Å²) in [7, 11) is -3.14. The Labute approximate surface area is 116 Å². The summed E-state index contributed by atoms with van der Waals surface area (Å²) in [5.74, 6) is 0.222. The van der Waals surface area contributed by atoms with Crippen molar-refractivity contribution in [3.63, 3.8) is 0 Å². The molecular formula is C15H23NO2S. The molecular weight excluding hydrogens is 258 g/mol. The van der Waals surface area contributed by atoms with Crippen molar-refractivity contribution in [2.75, 3.05) is 12.3 Å². The number of benzene rings is 1. The molecule has 1 aliphatic rings. The number of sulfone groups is 1. The average Bonchev–Trinajstić information content (AvgIpc) is 2.84. The van der Waals surface area contributed by atoms with E-state index >= 15 is 0 Å². The van der Waals surface area contributed by atoms with Crippen molar-refractivity contribution < 1.29 is 8.42 Å². The zero-order valence-electron chi connectivity index (χ0n) is 11.8. The monoisotopic (exact) mass is 281 g/mol. The highest BCUT2D eigenvalue weighted by Gasteiger charge is 2.19. The van der Waals surface area contributed by atoms with E-state index in [1.165, 1.54) is 11.1 Å². The second-order valence-corrected chi connectivity index (χ2v) is 7.46. The Morgan fingerprint density at radius 2 is 2.00 bits per heavy atom. The highest BCUT2D eigenvalue weighted by atomic mass is 32.2. The molecule has 1 unspecified atom stereocenters. The summed E-state index contributed by atoms with van der Waals surface area (Å²) in [6.07, 6.45) is 3.92. The summed E-state index contributed by atoms with van der Waals surface area (Å²) >= 11 is 0. The topological polar surface area (TPSA) is 46.2 Å². The lowest BCUT2D eigenvalue weighted by Crippen LogP contribution is -2.27. The van der Waals surface area contributed by atoms with Crippen molar-refractivity contribution in [3.8, 4) is 0 Å². The molecule has 0 heterocycles. The third-order valence-electron chi connectivity index (χ3n) is 3.80. The second kappa shape index (κ2) is 6.06. The van der Waals surface area contributed by atoms with Gasteiger partial charge in [0.05, 0.1) is 10.6 Å². The first-order valence-electron chi connectivity index (χ1n) is 7.11. The Morgan fingerprint density at radius 1 is 1.26 bits per heavy atom. The van der Waals surface area contributed by atoms with E-state index in [9.17, 15) is 8.42 Å². The Kier molecular flexibility index (Phi) is 4.63. The standard InChI is InChI=1S/C15H23NO2S/c1-3-16-12(2)9-10-19(17,18)15-8-7-13-5-4-6-14(13)11-15/h7-8,11-12,16H,3-6,9-10H2,1-2H3. The maximum Gasteiger partial charge on any atom is 0.178 e. The molecule has 1 atom stereocenters. The number of fused-ring (bicyclic) bond motifs is 1. The number of nitrogens with one attached hydrogen (secondary N) is 1. The molecule has 0 bridgehead atoms. The van der Waals surface area contributed by atoms with Gasteiger partial charge in [0.15, 0.2) is 9.84 Å². The molecule has 1 aliphatic carbocycles. The van der Waals surface area contributed by atoms with Gasteiger partial charge in [-0.25, -0.2) is 8.42 Å². The summed E-state index contributed by atoms with van der Waals surface area (Å²) in [6, 6.07) is 5.89. The maximum absolute atomic E-state index is 12.3. The van der Waals surface area contributed by atoms with Crippen LogP contribution in [0.2, 0.25) is 0 Å². The van der Waals surface area contributed by atoms with E-state index in [1.54, 1.807) is 6.07 Å². The van der Waals surface area contributed by atoms with Gasteiger partial charge < -0.3 is 5.32 Å². The number of hydrogen-bond donors (Lipinski definition) is 1. The zero-order chi connectivity index (χ0) is 13.9. The van der Waals surface area contributed by atoms with Crippen molar-refractivity contribution in [2.45, 2.75) is 50.5 Å². The highest BCUT2D eigenvalue weighted by molar-refractivity contribution is 7.91. The molecule has 1 N–H and O–H groups in total. The van der Waals surface area contributed by atoms with Gasteiger partial charge in [-0.05, 0) is 62.4 Å². The van der Waals surface area contributed by atoms with Crippen LogP contribution in [0.4, 0.5) is 0 Å². The molecule has 1 aromatic rings. The highest BCUT2D eigenvalue weighted by Crippen LogP contribution is 2.25. The van der Waals surface area contributed by atoms with Crippen molar-refractivity contribution in [1.82, 2.24) is 5.32 Å². The quantitative estimate of drug-likeness (QED) is 0.870. The van der Waals surface area contributed by atoms with Crippen LogP contribution in [0.3, 0.4) is 0 Å². The minimum absolute atomic E-state index is 0.222. The molecule has 3 nitrogen and oxygen atoms in total. The van der Waals surface area contributed by atoms with Crippen LogP contribution >= 0.6 is 0 Å². The largest absolute Gasteiger partial charge is 0.314 e. The molecule has 0 fully saturated rings. The lowest BCUT2D eigenvalue weighted by atomic mass is 10.1. The maximum atomic E-state index is 12.3. The van der Waals surface area contributed by atoms with Crippen LogP contribution in [-0.2, 0) is 22.7 Å². The van der Waals surface area contributed by atoms with Gasteiger partial charge in [0, 0.05) is 6.04 Å². The first-order chi connectivity index (χ1) is 9.03. The van der Waals surface area contributed by atoms with E-state index < -0.39 is 9.84 Å². The number of hydrogen-bond acceptors (Lipinski definition) is 3. The van der Waals surface area contributed by atoms with E-state index in [4.69, 9.17) is 0 Å². The van der Waals surface area contributed by atoms with Crippen molar-refractivity contribution >= 4 is 9.84 Å². The van der Waals surface area contributed by atoms with Crippen LogP contribution in [0.1, 0.15) is 37.8 Å². The van der Waals surface area contributed by atoms with Gasteiger partial charge in [0.1, 0.15) is 0 Å². The SMILES string of the molecule is CCNC(C)CCS(=O)(=O)c1ccc2c(c1)CCC2. The molecule has 19 heavy (non-hydrogen) atoms. The second-order valence-electron chi connectivity index (χ2n) is 5.35. The van der Waals surface area contributed by atoms with Crippen LogP contribution in [0.15, 0.2) is 23.1 Å². The van der Waals surface area contributed by atoms with Crippen LogP contribution < -0.4 is 5.32 Å². The lowest BCUT2D eigenvalue weighted by Gasteiger charge is -2.12. The lowest BCUT2D eigenvalue weighted by molar-refractivity contribution is 0.541. The van der Waals surface area contributed by atoms with Crippen molar-refractivity contribution in [1.29, 1.82) is 0 Å². The Balaban J connectivity index is 2.07.